The number of methoxy groups -OCH3 is 2. The van der Waals surface area contributed by atoms with Crippen molar-refractivity contribution in [2.75, 3.05) is 63.2 Å². The lowest BCUT2D eigenvalue weighted by Crippen LogP contribution is -2.29. The minimum Gasteiger partial charge on any atom is -0.507 e. The Morgan fingerprint density at radius 1 is 0.974 bits per heavy atom. The number of aliphatic hydroxyl groups excluding tert-OH is 1. The SMILES string of the molecule is COc1ccc(N2C(=O)C(=O)/C(=C(\O)c3ccc4c(c3)N(C)CCO4)C2c2ccc(N(C)C)cc2)cc1OC. The van der Waals surface area contributed by atoms with E-state index in [0.29, 0.717) is 47.2 Å². The molecule has 9 heteroatoms. The number of anilines is 3. The molecular weight excluding hydrogens is 498 g/mol. The summed E-state index contributed by atoms with van der Waals surface area (Å²) < 4.78 is 16.5. The Kier molecular flexibility index (Phi) is 6.82. The van der Waals surface area contributed by atoms with Crippen molar-refractivity contribution in [2.45, 2.75) is 6.04 Å². The van der Waals surface area contributed by atoms with E-state index in [1.54, 1.807) is 36.4 Å². The van der Waals surface area contributed by atoms with Crippen molar-refractivity contribution < 1.29 is 28.9 Å². The van der Waals surface area contributed by atoms with Gasteiger partial charge in [0.25, 0.3) is 11.7 Å². The van der Waals surface area contributed by atoms with Gasteiger partial charge in [0.05, 0.1) is 38.1 Å². The van der Waals surface area contributed by atoms with Crippen LogP contribution in [0.25, 0.3) is 5.76 Å². The van der Waals surface area contributed by atoms with Crippen LogP contribution < -0.4 is 28.9 Å². The number of likely N-dealkylation sites (N-methyl/N-ethyl adjacent to an activating group) is 1. The molecule has 202 valence electrons. The van der Waals surface area contributed by atoms with Gasteiger partial charge in [-0.2, -0.15) is 0 Å². The molecule has 2 aliphatic heterocycles. The van der Waals surface area contributed by atoms with Crippen LogP contribution in [0.4, 0.5) is 17.1 Å². The van der Waals surface area contributed by atoms with Crippen LogP contribution in [-0.2, 0) is 9.59 Å². The van der Waals surface area contributed by atoms with Crippen molar-refractivity contribution in [1.29, 1.82) is 0 Å². The second-order valence-electron chi connectivity index (χ2n) is 9.65. The molecule has 0 spiro atoms. The fraction of sp³-hybridized carbons (Fsp3) is 0.267. The predicted molar refractivity (Wildman–Crippen MR) is 150 cm³/mol. The lowest BCUT2D eigenvalue weighted by Gasteiger charge is -2.28. The van der Waals surface area contributed by atoms with Crippen molar-refractivity contribution in [2.24, 2.45) is 0 Å². The van der Waals surface area contributed by atoms with Crippen LogP contribution in [0.5, 0.6) is 17.2 Å². The number of Topliss-reactive ketones (excluding diaryl/α,β-unsaturated/α-hetero) is 1. The maximum Gasteiger partial charge on any atom is 0.300 e. The average molecular weight is 530 g/mol. The van der Waals surface area contributed by atoms with Crippen LogP contribution in [0.15, 0.2) is 66.2 Å². The number of aliphatic hydroxyl groups is 1. The minimum atomic E-state index is -0.871. The van der Waals surface area contributed by atoms with Crippen LogP contribution in [0.2, 0.25) is 0 Å². The Bertz CT molecular complexity index is 1460. The van der Waals surface area contributed by atoms with Gasteiger partial charge in [-0.15, -0.1) is 0 Å². The summed E-state index contributed by atoms with van der Waals surface area (Å²) in [7, 11) is 8.83. The summed E-state index contributed by atoms with van der Waals surface area (Å²) in [5, 5.41) is 11.6. The Balaban J connectivity index is 1.69. The zero-order valence-electron chi connectivity index (χ0n) is 22.6. The van der Waals surface area contributed by atoms with Gasteiger partial charge in [0, 0.05) is 44.1 Å². The van der Waals surface area contributed by atoms with Gasteiger partial charge >= 0.3 is 0 Å². The fourth-order valence-electron chi connectivity index (χ4n) is 5.00. The molecule has 39 heavy (non-hydrogen) atoms. The third-order valence-electron chi connectivity index (χ3n) is 7.14. The maximum atomic E-state index is 13.6. The topological polar surface area (TPSA) is 91.8 Å². The molecule has 0 bridgehead atoms. The molecule has 1 N–H and O–H groups in total. The van der Waals surface area contributed by atoms with E-state index in [1.807, 2.05) is 55.2 Å². The monoisotopic (exact) mass is 529 g/mol. The smallest absolute Gasteiger partial charge is 0.300 e. The molecular formula is C30H31N3O6. The average Bonchev–Trinajstić information content (AvgIpc) is 3.22. The van der Waals surface area contributed by atoms with E-state index in [9.17, 15) is 14.7 Å². The number of amides is 1. The predicted octanol–water partition coefficient (Wildman–Crippen LogP) is 4.22. The first-order chi connectivity index (χ1) is 18.7. The number of hydrogen-bond donors (Lipinski definition) is 1. The van der Waals surface area contributed by atoms with Crippen LogP contribution in [0, 0.1) is 0 Å². The summed E-state index contributed by atoms with van der Waals surface area (Å²) in [5.41, 5.74) is 3.30. The van der Waals surface area contributed by atoms with E-state index in [4.69, 9.17) is 14.2 Å². The molecule has 0 aromatic heterocycles. The first-order valence-electron chi connectivity index (χ1n) is 12.5. The third-order valence-corrected chi connectivity index (χ3v) is 7.14. The van der Waals surface area contributed by atoms with Gasteiger partial charge in [-0.25, -0.2) is 0 Å². The van der Waals surface area contributed by atoms with Crippen molar-refractivity contribution >= 4 is 34.5 Å². The molecule has 1 amide bonds. The minimum absolute atomic E-state index is 0.00622. The standard InChI is InChI=1S/C30H31N3O6/c1-31(2)20-9-6-18(7-10-20)27-26(28(34)19-8-12-23-22(16-19)32(3)14-15-39-23)29(35)30(36)33(27)21-11-13-24(37-4)25(17-21)38-5/h6-13,16-17,27,34H,14-15H2,1-5H3/b28-26-. The van der Waals surface area contributed by atoms with E-state index >= 15 is 0 Å². The molecule has 2 aliphatic rings. The number of carbonyl (C=O) groups is 2. The fourth-order valence-corrected chi connectivity index (χ4v) is 5.00. The molecule has 1 atom stereocenters. The van der Waals surface area contributed by atoms with Crippen molar-refractivity contribution in [3.05, 3.63) is 77.4 Å². The van der Waals surface area contributed by atoms with Gasteiger partial charge in [-0.1, -0.05) is 12.1 Å². The highest BCUT2D eigenvalue weighted by Crippen LogP contribution is 2.45. The Morgan fingerprint density at radius 2 is 1.69 bits per heavy atom. The first kappa shape index (κ1) is 26.0. The van der Waals surface area contributed by atoms with E-state index in [2.05, 4.69) is 0 Å². The Morgan fingerprint density at radius 3 is 2.36 bits per heavy atom. The lowest BCUT2D eigenvalue weighted by atomic mass is 9.94. The van der Waals surface area contributed by atoms with Gasteiger partial charge in [0.2, 0.25) is 0 Å². The number of hydrogen-bond acceptors (Lipinski definition) is 8. The second kappa shape index (κ2) is 10.2. The molecule has 1 saturated heterocycles. The Labute approximate surface area is 227 Å². The third kappa shape index (κ3) is 4.50. The number of nitrogens with zero attached hydrogens (tertiary/aromatic N) is 3. The van der Waals surface area contributed by atoms with Crippen molar-refractivity contribution in [3.63, 3.8) is 0 Å². The quantitative estimate of drug-likeness (QED) is 0.288. The van der Waals surface area contributed by atoms with Crippen LogP contribution in [-0.4, -0.2) is 65.3 Å². The molecule has 2 heterocycles. The summed E-state index contributed by atoms with van der Waals surface area (Å²) in [6, 6.07) is 16.9. The second-order valence-corrected chi connectivity index (χ2v) is 9.65. The number of fused-ring (bicyclic) bond motifs is 1. The molecule has 3 aromatic rings. The van der Waals surface area contributed by atoms with Gasteiger partial charge in [-0.3, -0.25) is 14.5 Å². The van der Waals surface area contributed by atoms with Gasteiger partial charge in [0.1, 0.15) is 18.1 Å². The summed E-state index contributed by atoms with van der Waals surface area (Å²) >= 11 is 0. The summed E-state index contributed by atoms with van der Waals surface area (Å²) in [6.45, 7) is 1.26. The van der Waals surface area contributed by atoms with Crippen LogP contribution >= 0.6 is 0 Å². The maximum absolute atomic E-state index is 13.6. The van der Waals surface area contributed by atoms with Crippen LogP contribution in [0.3, 0.4) is 0 Å². The molecule has 3 aromatic carbocycles. The lowest BCUT2D eigenvalue weighted by molar-refractivity contribution is -0.132. The number of ether oxygens (including phenoxy) is 3. The largest absolute Gasteiger partial charge is 0.507 e. The number of ketones is 1. The number of carbonyl (C=O) groups excluding carboxylic acids is 2. The molecule has 0 aliphatic carbocycles. The molecule has 0 radical (unpaired) electrons. The van der Waals surface area contributed by atoms with Gasteiger partial charge < -0.3 is 29.1 Å². The van der Waals surface area contributed by atoms with Crippen molar-refractivity contribution in [3.8, 4) is 17.2 Å². The Hall–Kier alpha value is -4.66. The van der Waals surface area contributed by atoms with E-state index < -0.39 is 17.7 Å². The highest BCUT2D eigenvalue weighted by atomic mass is 16.5. The zero-order chi connectivity index (χ0) is 27.8. The zero-order valence-corrected chi connectivity index (χ0v) is 22.6. The first-order valence-corrected chi connectivity index (χ1v) is 12.5. The van der Waals surface area contributed by atoms with Crippen LogP contribution in [0.1, 0.15) is 17.2 Å². The molecule has 1 unspecified atom stereocenters. The summed E-state index contributed by atoms with van der Waals surface area (Å²) in [4.78, 5) is 32.5. The number of rotatable bonds is 6. The van der Waals surface area contributed by atoms with Crippen molar-refractivity contribution in [1.82, 2.24) is 0 Å². The summed E-state index contributed by atoms with van der Waals surface area (Å²) in [5.74, 6) is -0.168. The molecule has 5 rings (SSSR count). The molecule has 9 nitrogen and oxygen atoms in total. The van der Waals surface area contributed by atoms with E-state index in [0.717, 1.165) is 11.4 Å². The number of benzene rings is 3. The van der Waals surface area contributed by atoms with E-state index in [-0.39, 0.29) is 11.3 Å². The molecule has 0 saturated carbocycles. The van der Waals surface area contributed by atoms with Gasteiger partial charge in [-0.05, 0) is 48.0 Å². The van der Waals surface area contributed by atoms with E-state index in [1.165, 1.54) is 19.1 Å². The highest BCUT2D eigenvalue weighted by molar-refractivity contribution is 6.51. The highest BCUT2D eigenvalue weighted by Gasteiger charge is 2.47. The normalized spacial score (nSPS) is 18.0. The van der Waals surface area contributed by atoms with Gasteiger partial charge in [0.15, 0.2) is 11.5 Å². The summed E-state index contributed by atoms with van der Waals surface area (Å²) in [6.07, 6.45) is 0. The molecule has 1 fully saturated rings.